The van der Waals surface area contributed by atoms with Gasteiger partial charge in [0.15, 0.2) is 27.8 Å². The van der Waals surface area contributed by atoms with E-state index in [1.807, 2.05) is 0 Å². The monoisotopic (exact) mass is 404 g/mol. The van der Waals surface area contributed by atoms with E-state index < -0.39 is 11.5 Å². The second-order valence-electron chi connectivity index (χ2n) is 5.79. The number of rotatable bonds is 5. The molecular weight excluding hydrogens is 384 g/mol. The lowest BCUT2D eigenvalue weighted by atomic mass is 10.1. The first-order chi connectivity index (χ1) is 13.4. The molecule has 3 N–H and O–H groups in total. The van der Waals surface area contributed by atoms with E-state index in [2.05, 4.69) is 4.99 Å². The van der Waals surface area contributed by atoms with Crippen molar-refractivity contribution in [2.75, 3.05) is 21.3 Å². The van der Waals surface area contributed by atoms with Gasteiger partial charge in [0.05, 0.1) is 32.7 Å². The Bertz CT molecular complexity index is 1060. The Morgan fingerprint density at radius 3 is 2.14 bits per heavy atom. The van der Waals surface area contributed by atoms with Crippen LogP contribution < -0.4 is 19.0 Å². The molecule has 3 aromatic rings. The molecule has 0 saturated heterocycles. The first kappa shape index (κ1) is 19.4. The molecule has 0 bridgehead atoms. The van der Waals surface area contributed by atoms with Crippen LogP contribution >= 0.6 is 11.3 Å². The number of aromatic nitrogens is 1. The van der Waals surface area contributed by atoms with E-state index in [1.165, 1.54) is 44.8 Å². The summed E-state index contributed by atoms with van der Waals surface area (Å²) >= 11 is 1.35. The molecule has 148 valence electrons. The minimum Gasteiger partial charge on any atom is -0.504 e. The maximum absolute atomic E-state index is 10.2. The molecule has 0 aliphatic rings. The minimum atomic E-state index is -0.563. The largest absolute Gasteiger partial charge is 0.504 e. The highest BCUT2D eigenvalue weighted by Gasteiger charge is 2.16. The third-order valence-corrected chi connectivity index (χ3v) is 5.12. The topological polar surface area (TPSA) is 106 Å². The van der Waals surface area contributed by atoms with Crippen LogP contribution in [0.1, 0.15) is 0 Å². The van der Waals surface area contributed by atoms with E-state index in [0.717, 1.165) is 0 Å². The summed E-state index contributed by atoms with van der Waals surface area (Å²) in [4.78, 5) is 5.26. The van der Waals surface area contributed by atoms with Crippen molar-refractivity contribution < 1.29 is 29.5 Å². The van der Waals surface area contributed by atoms with Crippen LogP contribution in [0.15, 0.2) is 34.6 Å². The quantitative estimate of drug-likeness (QED) is 0.564. The van der Waals surface area contributed by atoms with E-state index >= 15 is 0 Å². The lowest BCUT2D eigenvalue weighted by Gasteiger charge is -2.12. The summed E-state index contributed by atoms with van der Waals surface area (Å²) in [6.07, 6.45) is 0. The van der Waals surface area contributed by atoms with Crippen molar-refractivity contribution in [1.29, 1.82) is 0 Å². The van der Waals surface area contributed by atoms with Crippen molar-refractivity contribution in [2.45, 2.75) is 0 Å². The standard InChI is InChI=1S/C19H20N2O6S/c1-21-12(11-5-6-13(22)17(24)16(11)23)9-28-19(21)20-10-7-14(25-2)18(27-4)15(8-10)26-3/h5-9,22-24H,1-4H3. The minimum absolute atomic E-state index is 0.375. The lowest BCUT2D eigenvalue weighted by molar-refractivity contribution is 0.324. The molecule has 9 heteroatoms. The molecule has 0 saturated carbocycles. The smallest absolute Gasteiger partial charge is 0.203 e. The maximum atomic E-state index is 10.2. The molecule has 0 atom stereocenters. The van der Waals surface area contributed by atoms with Crippen molar-refractivity contribution >= 4 is 17.0 Å². The lowest BCUT2D eigenvalue weighted by Crippen LogP contribution is -2.11. The Morgan fingerprint density at radius 1 is 0.929 bits per heavy atom. The molecule has 0 radical (unpaired) electrons. The summed E-state index contributed by atoms with van der Waals surface area (Å²) < 4.78 is 17.8. The van der Waals surface area contributed by atoms with Gasteiger partial charge in [-0.2, -0.15) is 0 Å². The van der Waals surface area contributed by atoms with Crippen molar-refractivity contribution in [3.05, 3.63) is 34.4 Å². The van der Waals surface area contributed by atoms with Crippen molar-refractivity contribution in [2.24, 2.45) is 12.0 Å². The summed E-state index contributed by atoms with van der Waals surface area (Å²) in [6.45, 7) is 0. The number of aromatic hydroxyl groups is 3. The first-order valence-corrected chi connectivity index (χ1v) is 9.02. The van der Waals surface area contributed by atoms with Gasteiger partial charge in [-0.3, -0.25) is 0 Å². The molecule has 1 aromatic heterocycles. The summed E-state index contributed by atoms with van der Waals surface area (Å²) in [5, 5.41) is 31.2. The number of benzene rings is 2. The molecule has 0 fully saturated rings. The fourth-order valence-corrected chi connectivity index (χ4v) is 3.65. The number of phenolic OH excluding ortho intramolecular Hbond substituents is 3. The summed E-state index contributed by atoms with van der Waals surface area (Å²) in [6, 6.07) is 6.29. The number of ether oxygens (including phenoxy) is 3. The van der Waals surface area contributed by atoms with Gasteiger partial charge in [0.25, 0.3) is 0 Å². The van der Waals surface area contributed by atoms with E-state index in [9.17, 15) is 15.3 Å². The predicted octanol–water partition coefficient (Wildman–Crippen LogP) is 3.13. The Labute approximate surface area is 165 Å². The molecule has 0 amide bonds. The van der Waals surface area contributed by atoms with Crippen LogP contribution in [0.2, 0.25) is 0 Å². The van der Waals surface area contributed by atoms with Gasteiger partial charge in [0.2, 0.25) is 11.5 Å². The molecule has 1 heterocycles. The molecule has 0 aliphatic heterocycles. The Balaban J connectivity index is 2.12. The molecular formula is C19H20N2O6S. The highest BCUT2D eigenvalue weighted by atomic mass is 32.1. The number of phenols is 3. The van der Waals surface area contributed by atoms with Gasteiger partial charge >= 0.3 is 0 Å². The molecule has 0 spiro atoms. The summed E-state index contributed by atoms with van der Waals surface area (Å²) in [5.74, 6) is 0.105. The fourth-order valence-electron chi connectivity index (χ4n) is 2.73. The van der Waals surface area contributed by atoms with Crippen LogP contribution in [0, 0.1) is 0 Å². The normalized spacial score (nSPS) is 11.5. The van der Waals surface area contributed by atoms with Crippen molar-refractivity contribution in [1.82, 2.24) is 4.57 Å². The number of hydrogen-bond acceptors (Lipinski definition) is 8. The van der Waals surface area contributed by atoms with Crippen LogP contribution in [-0.2, 0) is 7.05 Å². The van der Waals surface area contributed by atoms with Crippen LogP contribution in [-0.4, -0.2) is 41.2 Å². The molecule has 28 heavy (non-hydrogen) atoms. The second kappa shape index (κ2) is 7.73. The van der Waals surface area contributed by atoms with Crippen LogP contribution in [0.25, 0.3) is 11.3 Å². The molecule has 0 aliphatic carbocycles. The second-order valence-corrected chi connectivity index (χ2v) is 6.62. The zero-order chi connectivity index (χ0) is 20.4. The van der Waals surface area contributed by atoms with Crippen LogP contribution in [0.3, 0.4) is 0 Å². The highest BCUT2D eigenvalue weighted by molar-refractivity contribution is 7.07. The summed E-state index contributed by atoms with van der Waals surface area (Å²) in [5.41, 5.74) is 1.60. The van der Waals surface area contributed by atoms with Crippen LogP contribution in [0.4, 0.5) is 5.69 Å². The van der Waals surface area contributed by atoms with E-state index in [-0.39, 0.29) is 5.75 Å². The predicted molar refractivity (Wildman–Crippen MR) is 105 cm³/mol. The number of hydrogen-bond donors (Lipinski definition) is 3. The van der Waals surface area contributed by atoms with Gasteiger partial charge in [-0.05, 0) is 12.1 Å². The third kappa shape index (κ3) is 3.31. The van der Waals surface area contributed by atoms with Gasteiger partial charge < -0.3 is 34.1 Å². The Hall–Kier alpha value is -3.33. The van der Waals surface area contributed by atoms with Crippen molar-refractivity contribution in [3.8, 4) is 45.8 Å². The SMILES string of the molecule is COc1cc(N=c2scc(-c3ccc(O)c(O)c3O)n2C)cc(OC)c1OC. The van der Waals surface area contributed by atoms with Crippen LogP contribution in [0.5, 0.6) is 34.5 Å². The maximum Gasteiger partial charge on any atom is 0.203 e. The molecule has 3 rings (SSSR count). The number of nitrogens with zero attached hydrogens (tertiary/aromatic N) is 2. The first-order valence-electron chi connectivity index (χ1n) is 8.14. The van der Waals surface area contributed by atoms with Gasteiger partial charge in [0.1, 0.15) is 0 Å². The number of thiazole rings is 1. The zero-order valence-corrected chi connectivity index (χ0v) is 16.6. The van der Waals surface area contributed by atoms with E-state index in [4.69, 9.17) is 14.2 Å². The Morgan fingerprint density at radius 2 is 1.57 bits per heavy atom. The fraction of sp³-hybridized carbons (Fsp3) is 0.211. The zero-order valence-electron chi connectivity index (χ0n) is 15.8. The van der Waals surface area contributed by atoms with Gasteiger partial charge in [-0.1, -0.05) is 0 Å². The van der Waals surface area contributed by atoms with Crippen molar-refractivity contribution in [3.63, 3.8) is 0 Å². The van der Waals surface area contributed by atoms with Gasteiger partial charge in [0, 0.05) is 30.1 Å². The summed E-state index contributed by atoms with van der Waals surface area (Å²) in [7, 11) is 6.38. The average Bonchev–Trinajstić information content (AvgIpc) is 3.05. The van der Waals surface area contributed by atoms with Gasteiger partial charge in [-0.15, -0.1) is 11.3 Å². The van der Waals surface area contributed by atoms with E-state index in [1.54, 1.807) is 29.1 Å². The molecule has 0 unspecified atom stereocenters. The third-order valence-electron chi connectivity index (χ3n) is 4.20. The average molecular weight is 404 g/mol. The van der Waals surface area contributed by atoms with Gasteiger partial charge in [-0.25, -0.2) is 4.99 Å². The number of methoxy groups -OCH3 is 3. The highest BCUT2D eigenvalue weighted by Crippen LogP contribution is 2.42. The Kier molecular flexibility index (Phi) is 5.36. The molecule has 8 nitrogen and oxygen atoms in total. The van der Waals surface area contributed by atoms with E-state index in [0.29, 0.717) is 39.0 Å². The molecule has 2 aromatic carbocycles.